The Balaban J connectivity index is 1.60. The Labute approximate surface area is 219 Å². The Kier molecular flexibility index (Phi) is 7.73. The van der Waals surface area contributed by atoms with Gasteiger partial charge in [-0.2, -0.15) is 0 Å². The molecule has 0 saturated heterocycles. The van der Waals surface area contributed by atoms with Crippen LogP contribution < -0.4 is 16.0 Å². The van der Waals surface area contributed by atoms with E-state index in [9.17, 15) is 23.9 Å². The predicted molar refractivity (Wildman–Crippen MR) is 143 cm³/mol. The number of hydrogen-bond donors (Lipinski definition) is 4. The number of hydrogen-bond acceptors (Lipinski definition) is 5. The van der Waals surface area contributed by atoms with Crippen LogP contribution in [0.2, 0.25) is 5.02 Å². The zero-order valence-corrected chi connectivity index (χ0v) is 21.9. The number of halogens is 1. The number of fused-ring (bicyclic) bond motifs is 1. The van der Waals surface area contributed by atoms with Gasteiger partial charge in [0.1, 0.15) is 0 Å². The summed E-state index contributed by atoms with van der Waals surface area (Å²) in [6.45, 7) is 3.90. The Morgan fingerprint density at radius 3 is 2.43 bits per heavy atom. The molecule has 5 N–H and O–H groups in total. The minimum Gasteiger partial charge on any atom is -0.399 e. The lowest BCUT2D eigenvalue weighted by atomic mass is 10.0. The van der Waals surface area contributed by atoms with Gasteiger partial charge in [0.2, 0.25) is 0 Å². The monoisotopic (exact) mass is 543 g/mol. The van der Waals surface area contributed by atoms with E-state index in [2.05, 4.69) is 5.32 Å². The van der Waals surface area contributed by atoms with Crippen LogP contribution in [0.5, 0.6) is 0 Å². The number of anilines is 3. The van der Waals surface area contributed by atoms with Gasteiger partial charge in [0.05, 0.1) is 6.10 Å². The number of nitrogens with two attached hydrogens (primary N) is 1. The van der Waals surface area contributed by atoms with E-state index in [1.807, 2.05) is 0 Å². The van der Waals surface area contributed by atoms with Crippen LogP contribution in [0.3, 0.4) is 0 Å². The molecule has 1 heterocycles. The number of benzene rings is 3. The SMILES string of the molecule is Cc1cc(N)ccc1C(=O)Nc1ccc(C(=O)N2CCCC(OP(=O)(O)O)c3cc(Cl)ccc32)c(C)c1. The third kappa shape index (κ3) is 6.21. The number of phosphoric ester groups is 1. The Bertz CT molecular complexity index is 1420. The third-order valence-electron chi connectivity index (χ3n) is 6.19. The highest BCUT2D eigenvalue weighted by Crippen LogP contribution is 2.47. The highest BCUT2D eigenvalue weighted by Gasteiger charge is 2.32. The van der Waals surface area contributed by atoms with E-state index in [0.29, 0.717) is 63.7 Å². The molecule has 3 aromatic carbocycles. The lowest BCUT2D eigenvalue weighted by Crippen LogP contribution is -2.32. The number of nitrogen functional groups attached to an aromatic ring is 1. The van der Waals surface area contributed by atoms with Crippen molar-refractivity contribution in [2.75, 3.05) is 22.5 Å². The predicted octanol–water partition coefficient (Wildman–Crippen LogP) is 5.38. The first-order chi connectivity index (χ1) is 17.4. The van der Waals surface area contributed by atoms with Crippen molar-refractivity contribution in [2.45, 2.75) is 32.8 Å². The average molecular weight is 544 g/mol. The Hall–Kier alpha value is -3.20. The fraction of sp³-hybridized carbons (Fsp3) is 0.231. The minimum absolute atomic E-state index is 0.287. The van der Waals surface area contributed by atoms with Gasteiger partial charge in [-0.15, -0.1) is 0 Å². The molecule has 9 nitrogen and oxygen atoms in total. The van der Waals surface area contributed by atoms with Crippen molar-refractivity contribution in [1.82, 2.24) is 0 Å². The molecule has 2 amide bonds. The van der Waals surface area contributed by atoms with Crippen molar-refractivity contribution in [1.29, 1.82) is 0 Å². The van der Waals surface area contributed by atoms with E-state index in [-0.39, 0.29) is 11.8 Å². The van der Waals surface area contributed by atoms with Crippen molar-refractivity contribution in [3.05, 3.63) is 87.4 Å². The molecule has 0 bridgehead atoms. The molecular weight excluding hydrogens is 517 g/mol. The quantitative estimate of drug-likeness (QED) is 0.250. The molecular formula is C26H27ClN3O6P. The number of nitrogens with one attached hydrogen (secondary N) is 1. The highest BCUT2D eigenvalue weighted by atomic mass is 35.5. The summed E-state index contributed by atoms with van der Waals surface area (Å²) in [6, 6.07) is 14.9. The van der Waals surface area contributed by atoms with Crippen molar-refractivity contribution in [3.8, 4) is 0 Å². The maximum atomic E-state index is 13.6. The normalized spacial score (nSPS) is 15.6. The zero-order valence-electron chi connectivity index (χ0n) is 20.3. The van der Waals surface area contributed by atoms with Crippen LogP contribution in [0.1, 0.15) is 56.4 Å². The number of carbonyl (C=O) groups is 2. The lowest BCUT2D eigenvalue weighted by molar-refractivity contribution is 0.0984. The summed E-state index contributed by atoms with van der Waals surface area (Å²) in [5.74, 6) is -0.574. The van der Waals surface area contributed by atoms with E-state index >= 15 is 0 Å². The lowest BCUT2D eigenvalue weighted by Gasteiger charge is -2.25. The summed E-state index contributed by atoms with van der Waals surface area (Å²) in [5.41, 5.74) is 10.1. The third-order valence-corrected chi connectivity index (χ3v) is 6.96. The number of nitrogens with zero attached hydrogens (tertiary/aromatic N) is 1. The zero-order chi connectivity index (χ0) is 26.9. The molecule has 0 spiro atoms. The van der Waals surface area contributed by atoms with E-state index in [4.69, 9.17) is 21.9 Å². The van der Waals surface area contributed by atoms with Crippen molar-refractivity contribution in [2.24, 2.45) is 0 Å². The topological polar surface area (TPSA) is 142 Å². The Morgan fingerprint density at radius 1 is 1.05 bits per heavy atom. The van der Waals surface area contributed by atoms with Crippen molar-refractivity contribution in [3.63, 3.8) is 0 Å². The first kappa shape index (κ1) is 26.9. The number of rotatable bonds is 5. The van der Waals surface area contributed by atoms with Gasteiger partial charge in [-0.25, -0.2) is 4.57 Å². The second kappa shape index (κ2) is 10.7. The molecule has 0 fully saturated rings. The number of aryl methyl sites for hydroxylation is 2. The summed E-state index contributed by atoms with van der Waals surface area (Å²) >= 11 is 6.16. The number of phosphoric acid groups is 1. The molecule has 3 aromatic rings. The van der Waals surface area contributed by atoms with Gasteiger partial charge in [0, 0.05) is 45.3 Å². The van der Waals surface area contributed by atoms with Gasteiger partial charge in [-0.1, -0.05) is 11.6 Å². The fourth-order valence-electron chi connectivity index (χ4n) is 4.49. The molecule has 0 saturated carbocycles. The molecule has 4 rings (SSSR count). The molecule has 37 heavy (non-hydrogen) atoms. The van der Waals surface area contributed by atoms with Gasteiger partial charge in [0.25, 0.3) is 11.8 Å². The second-order valence-corrected chi connectivity index (χ2v) is 10.6. The molecule has 11 heteroatoms. The average Bonchev–Trinajstić information content (AvgIpc) is 2.96. The molecule has 1 atom stereocenters. The van der Waals surface area contributed by atoms with E-state index in [1.54, 1.807) is 73.3 Å². The van der Waals surface area contributed by atoms with E-state index < -0.39 is 13.9 Å². The Morgan fingerprint density at radius 2 is 1.76 bits per heavy atom. The van der Waals surface area contributed by atoms with Gasteiger partial charge in [-0.3, -0.25) is 14.1 Å². The molecule has 0 aliphatic carbocycles. The largest absolute Gasteiger partial charge is 0.470 e. The van der Waals surface area contributed by atoms with Crippen LogP contribution >= 0.6 is 19.4 Å². The summed E-state index contributed by atoms with van der Waals surface area (Å²) in [4.78, 5) is 46.7. The first-order valence-electron chi connectivity index (χ1n) is 11.6. The van der Waals surface area contributed by atoms with Crippen LogP contribution in [-0.2, 0) is 9.09 Å². The molecule has 194 valence electrons. The van der Waals surface area contributed by atoms with Crippen LogP contribution in [0.15, 0.2) is 54.6 Å². The molecule has 0 aromatic heterocycles. The van der Waals surface area contributed by atoms with Crippen molar-refractivity contribution < 1.29 is 28.5 Å². The molecule has 1 aliphatic heterocycles. The van der Waals surface area contributed by atoms with Gasteiger partial charge in [-0.05, 0) is 92.4 Å². The van der Waals surface area contributed by atoms with Crippen LogP contribution in [0.25, 0.3) is 0 Å². The molecule has 1 aliphatic rings. The van der Waals surface area contributed by atoms with Crippen LogP contribution in [0, 0.1) is 13.8 Å². The van der Waals surface area contributed by atoms with Gasteiger partial charge >= 0.3 is 7.82 Å². The minimum atomic E-state index is -4.77. The smallest absolute Gasteiger partial charge is 0.399 e. The molecule has 1 unspecified atom stereocenters. The summed E-state index contributed by atoms with van der Waals surface area (Å²) in [6.07, 6.45) is -0.157. The summed E-state index contributed by atoms with van der Waals surface area (Å²) < 4.78 is 16.6. The van der Waals surface area contributed by atoms with Gasteiger partial charge in [0.15, 0.2) is 0 Å². The van der Waals surface area contributed by atoms with Gasteiger partial charge < -0.3 is 25.7 Å². The fourth-order valence-corrected chi connectivity index (χ4v) is 5.22. The number of amides is 2. The number of carbonyl (C=O) groups excluding carboxylic acids is 2. The maximum absolute atomic E-state index is 13.6. The highest BCUT2D eigenvalue weighted by molar-refractivity contribution is 7.46. The van der Waals surface area contributed by atoms with E-state index in [1.165, 1.54) is 0 Å². The summed E-state index contributed by atoms with van der Waals surface area (Å²) in [7, 11) is -4.77. The first-order valence-corrected chi connectivity index (χ1v) is 13.5. The second-order valence-electron chi connectivity index (χ2n) is 8.94. The van der Waals surface area contributed by atoms with Crippen LogP contribution in [0.4, 0.5) is 17.1 Å². The maximum Gasteiger partial charge on any atom is 0.470 e. The van der Waals surface area contributed by atoms with E-state index in [0.717, 1.165) is 5.56 Å². The summed E-state index contributed by atoms with van der Waals surface area (Å²) in [5, 5.41) is 3.22. The molecule has 0 radical (unpaired) electrons. The van der Waals surface area contributed by atoms with Crippen LogP contribution in [-0.4, -0.2) is 28.1 Å². The standard InChI is InChI=1S/C26H27ClN3O6P/c1-15-12-18(28)6-8-20(15)25(31)29-19-7-9-21(16(2)13-19)26(32)30-11-3-4-24(36-37(33,34)35)22-14-17(27)5-10-23(22)30/h5-10,12-14,24H,3-4,11,28H2,1-2H3,(H,29,31)(H2,33,34,35). The van der Waals surface area contributed by atoms with Crippen molar-refractivity contribution >= 4 is 48.3 Å².